The minimum absolute atomic E-state index is 0.0358. The number of nitrogens with zero attached hydrogens (tertiary/aromatic N) is 1. The van der Waals surface area contributed by atoms with Gasteiger partial charge in [0.25, 0.3) is 0 Å². The van der Waals surface area contributed by atoms with Crippen LogP contribution in [0.15, 0.2) is 42.5 Å². The second-order valence-corrected chi connectivity index (χ2v) is 6.59. The van der Waals surface area contributed by atoms with Crippen molar-refractivity contribution in [3.8, 4) is 0 Å². The third-order valence-corrected chi connectivity index (χ3v) is 4.59. The highest BCUT2D eigenvalue weighted by atomic mass is 35.5. The van der Waals surface area contributed by atoms with E-state index in [-0.39, 0.29) is 11.9 Å². The largest absolute Gasteiger partial charge is 0.347 e. The van der Waals surface area contributed by atoms with Crippen molar-refractivity contribution in [2.24, 2.45) is 5.92 Å². The van der Waals surface area contributed by atoms with Gasteiger partial charge < -0.3 is 5.32 Å². The van der Waals surface area contributed by atoms with Gasteiger partial charge in [0.05, 0.1) is 11.7 Å². The number of aromatic nitrogens is 1. The molecule has 1 aliphatic rings. The summed E-state index contributed by atoms with van der Waals surface area (Å²) < 4.78 is 0. The Labute approximate surface area is 142 Å². The van der Waals surface area contributed by atoms with Gasteiger partial charge in [0.15, 0.2) is 0 Å². The van der Waals surface area contributed by atoms with Crippen LogP contribution >= 0.6 is 11.6 Å². The molecule has 0 saturated heterocycles. The number of hydrogen-bond acceptors (Lipinski definition) is 2. The fraction of sp³-hybridized carbons (Fsp3) is 0.368. The van der Waals surface area contributed by atoms with Crippen LogP contribution in [0.25, 0.3) is 0 Å². The zero-order chi connectivity index (χ0) is 16.2. The van der Waals surface area contributed by atoms with Crippen LogP contribution in [-0.4, -0.2) is 10.9 Å². The quantitative estimate of drug-likeness (QED) is 0.861. The summed E-state index contributed by atoms with van der Waals surface area (Å²) in [6.45, 7) is 1.98. The summed E-state index contributed by atoms with van der Waals surface area (Å²) in [6.07, 6.45) is 3.42. The Bertz CT molecular complexity index is 697. The van der Waals surface area contributed by atoms with Crippen LogP contribution in [0.5, 0.6) is 0 Å². The molecule has 1 amide bonds. The molecule has 3 rings (SSSR count). The van der Waals surface area contributed by atoms with Crippen molar-refractivity contribution in [2.75, 3.05) is 0 Å². The highest BCUT2D eigenvalue weighted by Gasteiger charge is 2.34. The minimum Gasteiger partial charge on any atom is -0.347 e. The molecule has 1 aromatic carbocycles. The second kappa shape index (κ2) is 7.14. The maximum absolute atomic E-state index is 12.3. The van der Waals surface area contributed by atoms with Crippen molar-refractivity contribution in [3.05, 3.63) is 64.4 Å². The van der Waals surface area contributed by atoms with E-state index in [0.717, 1.165) is 34.8 Å². The van der Waals surface area contributed by atoms with Gasteiger partial charge in [0.2, 0.25) is 5.91 Å². The summed E-state index contributed by atoms with van der Waals surface area (Å²) in [4.78, 5) is 16.9. The molecular formula is C19H21ClN2O. The first-order valence-electron chi connectivity index (χ1n) is 8.10. The molecular weight excluding hydrogens is 308 g/mol. The molecule has 1 atom stereocenters. The van der Waals surface area contributed by atoms with E-state index in [9.17, 15) is 4.79 Å². The van der Waals surface area contributed by atoms with Crippen molar-refractivity contribution in [2.45, 2.75) is 38.6 Å². The molecule has 0 aliphatic heterocycles. The average molecular weight is 329 g/mol. The Morgan fingerprint density at radius 1 is 1.26 bits per heavy atom. The summed E-state index contributed by atoms with van der Waals surface area (Å²) in [6, 6.07) is 13.7. The first-order chi connectivity index (χ1) is 11.1. The number of halogens is 1. The van der Waals surface area contributed by atoms with Crippen molar-refractivity contribution >= 4 is 17.5 Å². The number of amides is 1. The van der Waals surface area contributed by atoms with E-state index in [0.29, 0.717) is 18.8 Å². The smallest absolute Gasteiger partial charge is 0.220 e. The molecule has 4 heteroatoms. The van der Waals surface area contributed by atoms with Crippen LogP contribution in [0.1, 0.15) is 42.3 Å². The monoisotopic (exact) mass is 328 g/mol. The van der Waals surface area contributed by atoms with Gasteiger partial charge in [-0.3, -0.25) is 9.78 Å². The van der Waals surface area contributed by atoms with Crippen molar-refractivity contribution < 1.29 is 4.79 Å². The zero-order valence-corrected chi connectivity index (χ0v) is 14.0. The van der Waals surface area contributed by atoms with E-state index < -0.39 is 0 Å². The molecule has 1 aromatic heterocycles. The molecule has 0 spiro atoms. The molecule has 120 valence electrons. The number of benzene rings is 1. The second-order valence-electron chi connectivity index (χ2n) is 6.18. The van der Waals surface area contributed by atoms with Crippen LogP contribution in [0.2, 0.25) is 5.02 Å². The number of pyridine rings is 1. The van der Waals surface area contributed by atoms with Gasteiger partial charge in [0, 0.05) is 17.1 Å². The molecule has 0 radical (unpaired) electrons. The number of nitrogens with one attached hydrogen (secondary N) is 1. The molecule has 3 nitrogen and oxygen atoms in total. The summed E-state index contributed by atoms with van der Waals surface area (Å²) >= 11 is 6.15. The standard InChI is InChI=1S/C19H21ClN2O/c1-13-5-4-8-17(21-13)19(15-9-10-15)22-18(23)12-11-14-6-2-3-7-16(14)20/h2-8,15,19H,9-12H2,1H3,(H,22,23)/t19-/m1/s1. The predicted octanol–water partition coefficient (Wildman–Crippen LogP) is 4.24. The van der Waals surface area contributed by atoms with Gasteiger partial charge in [0.1, 0.15) is 0 Å². The van der Waals surface area contributed by atoms with Crippen LogP contribution in [0.3, 0.4) is 0 Å². The minimum atomic E-state index is 0.0358. The lowest BCUT2D eigenvalue weighted by Crippen LogP contribution is -2.30. The molecule has 1 N–H and O–H groups in total. The Balaban J connectivity index is 1.62. The topological polar surface area (TPSA) is 42.0 Å². The lowest BCUT2D eigenvalue weighted by Gasteiger charge is -2.18. The molecule has 1 saturated carbocycles. The summed E-state index contributed by atoms with van der Waals surface area (Å²) in [5.74, 6) is 0.582. The summed E-state index contributed by atoms with van der Waals surface area (Å²) in [5, 5.41) is 3.89. The van der Waals surface area contributed by atoms with Crippen LogP contribution in [0.4, 0.5) is 0 Å². The lowest BCUT2D eigenvalue weighted by molar-refractivity contribution is -0.122. The number of carbonyl (C=O) groups excluding carboxylic acids is 1. The van der Waals surface area contributed by atoms with Crippen molar-refractivity contribution in [1.82, 2.24) is 10.3 Å². The SMILES string of the molecule is Cc1cccc([C@H](NC(=O)CCc2ccccc2Cl)C2CC2)n1. The first-order valence-corrected chi connectivity index (χ1v) is 8.47. The molecule has 0 unspecified atom stereocenters. The highest BCUT2D eigenvalue weighted by Crippen LogP contribution is 2.40. The average Bonchev–Trinajstić information content (AvgIpc) is 3.36. The van der Waals surface area contributed by atoms with Gasteiger partial charge in [-0.25, -0.2) is 0 Å². The zero-order valence-electron chi connectivity index (χ0n) is 13.3. The first kappa shape index (κ1) is 16.0. The molecule has 1 aliphatic carbocycles. The highest BCUT2D eigenvalue weighted by molar-refractivity contribution is 6.31. The van der Waals surface area contributed by atoms with Gasteiger partial charge in [-0.15, -0.1) is 0 Å². The van der Waals surface area contributed by atoms with E-state index in [1.54, 1.807) is 0 Å². The van der Waals surface area contributed by atoms with Crippen molar-refractivity contribution in [3.63, 3.8) is 0 Å². The van der Waals surface area contributed by atoms with E-state index in [1.165, 1.54) is 0 Å². The summed E-state index contributed by atoms with van der Waals surface area (Å²) in [7, 11) is 0. The Kier molecular flexibility index (Phi) is 4.97. The Hall–Kier alpha value is -1.87. The number of carbonyl (C=O) groups is 1. The van der Waals surface area contributed by atoms with Crippen LogP contribution in [0, 0.1) is 12.8 Å². The van der Waals surface area contributed by atoms with Crippen LogP contribution < -0.4 is 5.32 Å². The lowest BCUT2D eigenvalue weighted by atomic mass is 10.1. The van der Waals surface area contributed by atoms with Gasteiger partial charge in [-0.2, -0.15) is 0 Å². The number of hydrogen-bond donors (Lipinski definition) is 1. The summed E-state index contributed by atoms with van der Waals surface area (Å²) in [5.41, 5.74) is 2.97. The van der Waals surface area contributed by atoms with Gasteiger partial charge >= 0.3 is 0 Å². The number of aryl methyl sites for hydroxylation is 2. The maximum atomic E-state index is 12.3. The predicted molar refractivity (Wildman–Crippen MR) is 92.4 cm³/mol. The Morgan fingerprint density at radius 2 is 2.04 bits per heavy atom. The van der Waals surface area contributed by atoms with Gasteiger partial charge in [-0.05, 0) is 55.9 Å². The van der Waals surface area contributed by atoms with Gasteiger partial charge in [-0.1, -0.05) is 35.9 Å². The van der Waals surface area contributed by atoms with E-state index >= 15 is 0 Å². The normalized spacial score (nSPS) is 15.2. The van der Waals surface area contributed by atoms with Crippen LogP contribution in [-0.2, 0) is 11.2 Å². The fourth-order valence-corrected chi connectivity index (χ4v) is 3.03. The third kappa shape index (κ3) is 4.32. The third-order valence-electron chi connectivity index (χ3n) is 4.22. The Morgan fingerprint density at radius 3 is 2.74 bits per heavy atom. The van der Waals surface area contributed by atoms with E-state index in [2.05, 4.69) is 10.3 Å². The van der Waals surface area contributed by atoms with Crippen molar-refractivity contribution in [1.29, 1.82) is 0 Å². The molecule has 1 heterocycles. The van der Waals surface area contributed by atoms with E-state index in [1.807, 2.05) is 49.4 Å². The number of rotatable bonds is 6. The molecule has 23 heavy (non-hydrogen) atoms. The molecule has 0 bridgehead atoms. The molecule has 2 aromatic rings. The molecule has 1 fully saturated rings. The van der Waals surface area contributed by atoms with E-state index in [4.69, 9.17) is 11.6 Å². The maximum Gasteiger partial charge on any atom is 0.220 e. The fourth-order valence-electron chi connectivity index (χ4n) is 2.80.